The highest BCUT2D eigenvalue weighted by Gasteiger charge is 2.29. The summed E-state index contributed by atoms with van der Waals surface area (Å²) in [6, 6.07) is 5.20. The second kappa shape index (κ2) is 6.09. The number of rotatable bonds is 4. The Bertz CT molecular complexity index is 554. The molecule has 2 rings (SSSR count). The predicted molar refractivity (Wildman–Crippen MR) is 76.2 cm³/mol. The maximum absolute atomic E-state index is 12.3. The summed E-state index contributed by atoms with van der Waals surface area (Å²) < 4.78 is 5.18. The fraction of sp³-hybridized carbons (Fsp3) is 0.357. The summed E-state index contributed by atoms with van der Waals surface area (Å²) in [6.45, 7) is 1.66. The minimum atomic E-state index is -0.360. The number of aryl methyl sites for hydroxylation is 1. The zero-order chi connectivity index (χ0) is 14.7. The van der Waals surface area contributed by atoms with E-state index >= 15 is 0 Å². The zero-order valence-electron chi connectivity index (χ0n) is 11.3. The van der Waals surface area contributed by atoms with Gasteiger partial charge in [0.2, 0.25) is 5.91 Å². The molecule has 2 amide bonds. The minimum Gasteiger partial charge on any atom is -0.496 e. The molecule has 1 aliphatic heterocycles. The lowest BCUT2D eigenvalue weighted by molar-refractivity contribution is -0.127. The quantitative estimate of drug-likeness (QED) is 0.797. The molecule has 1 aromatic carbocycles. The Morgan fingerprint density at radius 3 is 2.80 bits per heavy atom. The molecule has 0 aliphatic carbocycles. The van der Waals surface area contributed by atoms with Crippen LogP contribution in [0.4, 0.5) is 4.79 Å². The van der Waals surface area contributed by atoms with Crippen molar-refractivity contribution in [3.63, 3.8) is 0 Å². The molecular formula is C14H15NO4S. The molecule has 0 radical (unpaired) electrons. The Labute approximate surface area is 121 Å². The fourth-order valence-electron chi connectivity index (χ4n) is 1.95. The first kappa shape index (κ1) is 14.6. The number of imide groups is 1. The summed E-state index contributed by atoms with van der Waals surface area (Å²) in [5, 5.41) is -0.360. The van der Waals surface area contributed by atoms with Gasteiger partial charge in [0, 0.05) is 12.2 Å². The largest absolute Gasteiger partial charge is 0.496 e. The molecule has 1 aromatic rings. The van der Waals surface area contributed by atoms with E-state index in [2.05, 4.69) is 0 Å². The molecule has 0 N–H and O–H groups in total. The molecule has 5 nitrogen and oxygen atoms in total. The van der Waals surface area contributed by atoms with E-state index in [0.717, 1.165) is 22.2 Å². The van der Waals surface area contributed by atoms with Crippen LogP contribution in [0, 0.1) is 6.92 Å². The van der Waals surface area contributed by atoms with Gasteiger partial charge in [-0.1, -0.05) is 17.8 Å². The van der Waals surface area contributed by atoms with Crippen LogP contribution in [0.2, 0.25) is 0 Å². The van der Waals surface area contributed by atoms with E-state index in [9.17, 15) is 14.4 Å². The van der Waals surface area contributed by atoms with Crippen molar-refractivity contribution < 1.29 is 19.1 Å². The average Bonchev–Trinajstić information content (AvgIpc) is 2.42. The molecule has 0 aromatic heterocycles. The van der Waals surface area contributed by atoms with Gasteiger partial charge in [-0.05, 0) is 24.6 Å². The van der Waals surface area contributed by atoms with E-state index in [1.54, 1.807) is 18.2 Å². The molecule has 0 bridgehead atoms. The van der Waals surface area contributed by atoms with Gasteiger partial charge in [-0.3, -0.25) is 19.3 Å². The Balaban J connectivity index is 2.19. The third-order valence-electron chi connectivity index (χ3n) is 3.02. The normalized spacial score (nSPS) is 15.4. The van der Waals surface area contributed by atoms with Crippen LogP contribution < -0.4 is 4.74 Å². The van der Waals surface area contributed by atoms with Crippen molar-refractivity contribution in [2.75, 3.05) is 19.4 Å². The van der Waals surface area contributed by atoms with Gasteiger partial charge in [-0.25, -0.2) is 0 Å². The first-order valence-electron chi connectivity index (χ1n) is 6.18. The van der Waals surface area contributed by atoms with Gasteiger partial charge < -0.3 is 4.74 Å². The fourth-order valence-corrected chi connectivity index (χ4v) is 2.72. The molecule has 6 heteroatoms. The number of carbonyl (C=O) groups excluding carboxylic acids is 3. The highest BCUT2D eigenvalue weighted by molar-refractivity contribution is 8.13. The van der Waals surface area contributed by atoms with E-state index in [4.69, 9.17) is 4.74 Å². The Kier molecular flexibility index (Phi) is 4.44. The van der Waals surface area contributed by atoms with Crippen LogP contribution in [-0.4, -0.2) is 41.2 Å². The summed E-state index contributed by atoms with van der Waals surface area (Å²) in [4.78, 5) is 36.6. The summed E-state index contributed by atoms with van der Waals surface area (Å²) in [6.07, 6.45) is 0.286. The van der Waals surface area contributed by atoms with Crippen LogP contribution in [-0.2, 0) is 4.79 Å². The molecular weight excluding hydrogens is 278 g/mol. The number of thioether (sulfide) groups is 1. The highest BCUT2D eigenvalue weighted by Crippen LogP contribution is 2.23. The number of amides is 2. The van der Waals surface area contributed by atoms with E-state index in [0.29, 0.717) is 17.1 Å². The van der Waals surface area contributed by atoms with Gasteiger partial charge in [-0.15, -0.1) is 0 Å². The van der Waals surface area contributed by atoms with Crippen molar-refractivity contribution >= 4 is 28.7 Å². The second-order valence-electron chi connectivity index (χ2n) is 4.47. The summed E-state index contributed by atoms with van der Waals surface area (Å²) >= 11 is 1.06. The van der Waals surface area contributed by atoms with Gasteiger partial charge in [-0.2, -0.15) is 0 Å². The zero-order valence-corrected chi connectivity index (χ0v) is 12.2. The molecule has 0 saturated carbocycles. The molecule has 0 unspecified atom stereocenters. The van der Waals surface area contributed by atoms with Crippen molar-refractivity contribution in [3.8, 4) is 5.75 Å². The van der Waals surface area contributed by atoms with Gasteiger partial charge in [0.25, 0.3) is 5.24 Å². The summed E-state index contributed by atoms with van der Waals surface area (Å²) in [5.74, 6) is 0.342. The van der Waals surface area contributed by atoms with Crippen LogP contribution in [0.1, 0.15) is 22.3 Å². The number of carbonyl (C=O) groups is 3. The predicted octanol–water partition coefficient (Wildman–Crippen LogP) is 2.27. The molecule has 1 heterocycles. The van der Waals surface area contributed by atoms with Crippen molar-refractivity contribution in [2.45, 2.75) is 13.3 Å². The van der Waals surface area contributed by atoms with E-state index < -0.39 is 0 Å². The van der Waals surface area contributed by atoms with Crippen LogP contribution in [0.25, 0.3) is 0 Å². The third kappa shape index (κ3) is 3.01. The van der Waals surface area contributed by atoms with Crippen LogP contribution in [0.5, 0.6) is 5.75 Å². The Hall–Kier alpha value is -1.82. The number of hydrogen-bond donors (Lipinski definition) is 0. The lowest BCUT2D eigenvalue weighted by atomic mass is 10.1. The maximum atomic E-state index is 12.3. The van der Waals surface area contributed by atoms with Crippen LogP contribution >= 0.6 is 11.8 Å². The number of nitrogens with zero attached hydrogens (tertiary/aromatic N) is 1. The van der Waals surface area contributed by atoms with Gasteiger partial charge in [0.1, 0.15) is 5.75 Å². The molecule has 0 atom stereocenters. The first-order valence-corrected chi connectivity index (χ1v) is 7.16. The lowest BCUT2D eigenvalue weighted by Gasteiger charge is -2.23. The first-order chi connectivity index (χ1) is 9.52. The summed E-state index contributed by atoms with van der Waals surface area (Å²) in [7, 11) is 1.48. The smallest absolute Gasteiger partial charge is 0.288 e. The number of ketones is 1. The van der Waals surface area contributed by atoms with Crippen molar-refractivity contribution in [2.24, 2.45) is 0 Å². The van der Waals surface area contributed by atoms with Crippen LogP contribution in [0.15, 0.2) is 18.2 Å². The van der Waals surface area contributed by atoms with Crippen molar-refractivity contribution in [3.05, 3.63) is 29.3 Å². The maximum Gasteiger partial charge on any atom is 0.288 e. The number of Topliss-reactive ketones (excluding diaryl/α,β-unsaturated/α-hetero) is 1. The average molecular weight is 293 g/mol. The molecule has 0 spiro atoms. The third-order valence-corrected chi connectivity index (χ3v) is 3.90. The van der Waals surface area contributed by atoms with Crippen molar-refractivity contribution in [1.82, 2.24) is 4.90 Å². The van der Waals surface area contributed by atoms with Crippen molar-refractivity contribution in [1.29, 1.82) is 0 Å². The van der Waals surface area contributed by atoms with Gasteiger partial charge in [0.15, 0.2) is 5.78 Å². The topological polar surface area (TPSA) is 63.7 Å². The molecule has 1 aliphatic rings. The monoisotopic (exact) mass is 293 g/mol. The number of methoxy groups -OCH3 is 1. The van der Waals surface area contributed by atoms with E-state index in [1.165, 1.54) is 7.11 Å². The SMILES string of the molecule is COc1cc(C)ccc1C(=O)CN1C(=O)CCSC1=O. The Morgan fingerprint density at radius 1 is 1.40 bits per heavy atom. The van der Waals surface area contributed by atoms with Gasteiger partial charge in [0.05, 0.1) is 19.2 Å². The molecule has 106 valence electrons. The number of ether oxygens (including phenoxy) is 1. The minimum absolute atomic E-state index is 0.232. The second-order valence-corrected chi connectivity index (χ2v) is 5.52. The molecule has 1 fully saturated rings. The Morgan fingerprint density at radius 2 is 2.15 bits per heavy atom. The van der Waals surface area contributed by atoms with Crippen LogP contribution in [0.3, 0.4) is 0 Å². The van der Waals surface area contributed by atoms with Gasteiger partial charge >= 0.3 is 0 Å². The molecule has 1 saturated heterocycles. The number of benzene rings is 1. The highest BCUT2D eigenvalue weighted by atomic mass is 32.2. The standard InChI is InChI=1S/C14H15NO4S/c1-9-3-4-10(12(7-9)19-2)11(16)8-15-13(17)5-6-20-14(15)18/h3-4,7H,5-6,8H2,1-2H3. The van der Waals surface area contributed by atoms with E-state index in [1.807, 2.05) is 6.92 Å². The summed E-state index contributed by atoms with van der Waals surface area (Å²) in [5.41, 5.74) is 1.35. The lowest BCUT2D eigenvalue weighted by Crippen LogP contribution is -2.41. The van der Waals surface area contributed by atoms with E-state index in [-0.39, 0.29) is 29.9 Å². The number of hydrogen-bond acceptors (Lipinski definition) is 5. The molecule has 20 heavy (non-hydrogen) atoms.